The molecule has 0 aromatic rings. The van der Waals surface area contributed by atoms with Gasteiger partial charge in [0.25, 0.3) is 0 Å². The molecule has 0 fully saturated rings. The van der Waals surface area contributed by atoms with Crippen LogP contribution in [0.1, 0.15) is 0 Å². The van der Waals surface area contributed by atoms with E-state index >= 15 is 0 Å². The molecule has 0 saturated carbocycles. The van der Waals surface area contributed by atoms with Crippen LogP contribution in [0.3, 0.4) is 0 Å². The third kappa shape index (κ3) is 878. The fraction of sp³-hybridized carbons (Fsp3) is 0. The Kier molecular flexibility index (Phi) is 6780. The average Bonchev–Trinajstić information content (AvgIpc) is 0. The topological polar surface area (TPSA) is 0 Å². The maximum absolute atomic E-state index is 0. The summed E-state index contributed by atoms with van der Waals surface area (Å²) in [5.41, 5.74) is 0. The van der Waals surface area contributed by atoms with Crippen molar-refractivity contribution in [2.45, 2.75) is 0 Å². The van der Waals surface area contributed by atoms with Gasteiger partial charge in [-0.2, -0.15) is 0 Å². The Balaban J connectivity index is 0. The Morgan fingerprint density at radius 1 is 0.0171 bits per heavy atom. The molecule has 0 aliphatic carbocycles. The molecule has 73 radical (unpaired) electrons. The van der Waals surface area contributed by atoms with E-state index in [1.165, 1.54) is 0 Å². The normalized spacial score (nSPS) is 0. The van der Waals surface area contributed by atoms with Gasteiger partial charge in [0.2, 0.25) is 0 Å². The first-order chi connectivity index (χ1) is 0. The molecule has 0 aliphatic heterocycles. The number of rotatable bonds is 0. The van der Waals surface area contributed by atoms with Crippen molar-refractivity contribution in [1.82, 2.24) is 0 Å². The van der Waals surface area contributed by atoms with Gasteiger partial charge in [0.05, 0.1) is 0 Å². The third-order valence-corrected chi connectivity index (χ3v) is 0. The molecule has 117 heteroatoms. The average molecular weight is 16100 g/mol. The van der Waals surface area contributed by atoms with Crippen molar-refractivity contribution >= 4 is 2260 Å². The molecule has 891 valence electrons. The van der Waals surface area contributed by atoms with Crippen LogP contribution in [0, 0.1) is 0 Å². The second-order valence-corrected chi connectivity index (χ2v) is 0. The summed E-state index contributed by atoms with van der Waals surface area (Å²) < 4.78 is 0. The summed E-state index contributed by atoms with van der Waals surface area (Å²) >= 11 is 0. The van der Waals surface area contributed by atoms with E-state index in [4.69, 9.17) is 0 Å². The van der Waals surface area contributed by atoms with Crippen LogP contribution in [0.15, 0.2) is 0 Å². The molecule has 0 aliphatic rings. The van der Waals surface area contributed by atoms with Gasteiger partial charge in [-0.25, -0.2) is 0 Å². The zero-order valence-corrected chi connectivity index (χ0v) is 180. The fourth-order valence-electron chi connectivity index (χ4n) is 0. The first kappa shape index (κ1) is 896. The molecule has 0 heterocycles. The van der Waals surface area contributed by atoms with Gasteiger partial charge < -0.3 is 0 Å². The Hall–Kier alpha value is 126. The van der Waals surface area contributed by atoms with Crippen LogP contribution in [0.5, 0.6) is 0 Å². The first-order valence-corrected chi connectivity index (χ1v) is 0. The van der Waals surface area contributed by atoms with Crippen LogP contribution < -0.4 is 0 Å². The van der Waals surface area contributed by atoms with Crippen molar-refractivity contribution in [2.75, 3.05) is 0 Å². The Morgan fingerprint density at radius 2 is 0.0171 bits per heavy atom. The Labute approximate surface area is 3730 Å². The van der Waals surface area contributed by atoms with Crippen molar-refractivity contribution in [1.29, 1.82) is 0 Å². The predicted molar refractivity (Wildman–Crippen MR) is 315 cm³/mol. The van der Waals surface area contributed by atoms with E-state index in [1.54, 1.807) is 0 Å². The molecule has 0 N–H and O–H groups in total. The summed E-state index contributed by atoms with van der Waals surface area (Å²) in [5.74, 6) is 0. The SMILES string of the molecule is [Au].[Au].[Au].[Au].[Au].[Au].[Au].[Au].[Au].[Au].[Au].[Au].[Au].[Au].[Au].[Au].[Au].[Au].[Au].[Au].[Au].[Au].[Au].[Au].[Au].[Au].[Au].[Au].[Au].[Au].[Au].[Au].[Au].[Au].[Au].[Au].[Au].[Au].[Au].[Au].[Au].[Au].[Au].[Au].[Au].[Au].[Au].[Au].[Au].[Au].[Au].[Au].[Au].[Au].[Au].[Au].[Au].[Au].[Au].[Au].[Au].[Au].[Au].[Au].[Au].[Au].[Au].[Au].[Au].[Au].[Au].[Au].[Au].[KH].[KH].[KH].[KH].[KH].[KH].[KH].[KH].[KH].[KH].[KH].[KH].[KH].[KH].[KH].[KH].[KH].[KH].[KH].[KH].[KH].[KH].[KH].[KH].[KH].[KH].[KH].[KH].[KH].[KH].[KH].[KH].[KH].[KH].[KH].[KH].[KH].[KH].[KH].[KH].[KH].[KH].[KH].[KH]. The summed E-state index contributed by atoms with van der Waals surface area (Å²) in [4.78, 5) is 0. The molecular weight excluding hydrogens is 16100 g/mol. The van der Waals surface area contributed by atoms with Gasteiger partial charge in [-0.3, -0.25) is 0 Å². The van der Waals surface area contributed by atoms with E-state index in [9.17, 15) is 0 Å². The van der Waals surface area contributed by atoms with Crippen LogP contribution in [0.25, 0.3) is 0 Å². The summed E-state index contributed by atoms with van der Waals surface area (Å²) in [5, 5.41) is 0. The summed E-state index contributed by atoms with van der Waals surface area (Å²) in [7, 11) is 0. The molecule has 0 amide bonds. The van der Waals surface area contributed by atoms with Crippen molar-refractivity contribution < 1.29 is 1630 Å². The van der Waals surface area contributed by atoms with Crippen molar-refractivity contribution in [2.24, 2.45) is 0 Å². The minimum absolute atomic E-state index is 0. The van der Waals surface area contributed by atoms with E-state index < -0.39 is 0 Å². The van der Waals surface area contributed by atoms with E-state index in [2.05, 4.69) is 0 Å². The fourth-order valence-corrected chi connectivity index (χ4v) is 0. The first-order valence-electron chi connectivity index (χ1n) is 0. The quantitative estimate of drug-likeness (QED) is 0.212. The second-order valence-electron chi connectivity index (χ2n) is 0. The molecule has 0 nitrogen and oxygen atoms in total. The molecule has 0 aromatic carbocycles. The van der Waals surface area contributed by atoms with Gasteiger partial charge in [-0.15, -0.1) is 0 Å². The molecule has 0 rings (SSSR count). The van der Waals surface area contributed by atoms with Gasteiger partial charge in [0.1, 0.15) is 0 Å². The van der Waals surface area contributed by atoms with Crippen molar-refractivity contribution in [3.05, 3.63) is 0 Å². The van der Waals surface area contributed by atoms with E-state index in [-0.39, 0.29) is 3890 Å². The van der Waals surface area contributed by atoms with Crippen molar-refractivity contribution in [3.63, 3.8) is 0 Å². The molecular formula is H44Au73K44. The molecule has 0 spiro atoms. The molecule has 0 aromatic heterocycles. The van der Waals surface area contributed by atoms with Crippen LogP contribution in [-0.4, -0.2) is 2260 Å². The minimum atomic E-state index is 0. The number of hydrogen-bond donors (Lipinski definition) is 0. The second kappa shape index (κ2) is 885. The van der Waals surface area contributed by atoms with E-state index in [1.807, 2.05) is 0 Å². The van der Waals surface area contributed by atoms with Gasteiger partial charge in [0, 0.05) is 1630 Å². The Morgan fingerprint density at radius 3 is 0.0171 bits per heavy atom. The summed E-state index contributed by atoms with van der Waals surface area (Å²) in [6.07, 6.45) is 0. The molecule has 0 bridgehead atoms. The molecule has 0 saturated heterocycles. The Bertz CT molecular complexity index is 112. The van der Waals surface area contributed by atoms with Gasteiger partial charge in [0.15, 0.2) is 0 Å². The third-order valence-electron chi connectivity index (χ3n) is 0. The monoisotopic (exact) mass is 16100 g/mol. The predicted octanol–water partition coefficient (Wildman–Crippen LogP) is -28.7. The van der Waals surface area contributed by atoms with E-state index in [0.29, 0.717) is 0 Å². The van der Waals surface area contributed by atoms with Gasteiger partial charge in [-0.05, 0) is 0 Å². The van der Waals surface area contributed by atoms with E-state index in [0.717, 1.165) is 0 Å². The van der Waals surface area contributed by atoms with Gasteiger partial charge >= 0.3 is 2260 Å². The zero-order valence-electron chi connectivity index (χ0n) is 22.0. The molecule has 0 atom stereocenters. The molecule has 117 heavy (non-hydrogen) atoms. The van der Waals surface area contributed by atoms with Crippen LogP contribution in [-0.2, 0) is 1630 Å². The van der Waals surface area contributed by atoms with Gasteiger partial charge in [-0.1, -0.05) is 0 Å². The summed E-state index contributed by atoms with van der Waals surface area (Å²) in [6.45, 7) is 0. The maximum atomic E-state index is 0. The summed E-state index contributed by atoms with van der Waals surface area (Å²) in [6, 6.07) is 0. The number of hydrogen-bond acceptors (Lipinski definition) is 0. The van der Waals surface area contributed by atoms with Crippen LogP contribution >= 0.6 is 0 Å². The van der Waals surface area contributed by atoms with Crippen LogP contribution in [0.4, 0.5) is 0 Å². The standard InChI is InChI=1S/73Au.44K.44H. The van der Waals surface area contributed by atoms with Crippen molar-refractivity contribution in [3.8, 4) is 0 Å². The van der Waals surface area contributed by atoms with Crippen LogP contribution in [0.2, 0.25) is 0 Å². The molecule has 0 unspecified atom stereocenters. The zero-order chi connectivity index (χ0) is 0.